The number of nitrogens with zero attached hydrogens (tertiary/aromatic N) is 1. The molecule has 0 saturated carbocycles. The van der Waals surface area contributed by atoms with Crippen molar-refractivity contribution in [2.45, 2.75) is 0 Å². The molecular weight excluding hydrogens is 366 g/mol. The van der Waals surface area contributed by atoms with E-state index in [2.05, 4.69) is 16.7 Å². The van der Waals surface area contributed by atoms with Crippen molar-refractivity contribution in [3.8, 4) is 22.9 Å². The number of carbonyl (C=O) groups is 2. The molecule has 0 bridgehead atoms. The smallest absolute Gasteiger partial charge is 0.262 e. The number of anilines is 1. The normalized spacial score (nSPS) is 9.93. The topological polar surface area (TPSA) is 91.2 Å². The molecule has 0 spiro atoms. The maximum absolute atomic E-state index is 12.1. The maximum atomic E-state index is 12.1. The number of benzene rings is 3. The molecule has 0 aromatic heterocycles. The van der Waals surface area contributed by atoms with E-state index in [-0.39, 0.29) is 18.4 Å². The lowest BCUT2D eigenvalue weighted by molar-refractivity contribution is -0.118. The van der Waals surface area contributed by atoms with Crippen molar-refractivity contribution in [3.63, 3.8) is 0 Å². The van der Waals surface area contributed by atoms with Crippen LogP contribution in [0.1, 0.15) is 15.9 Å². The van der Waals surface area contributed by atoms with Crippen molar-refractivity contribution >= 4 is 17.5 Å². The van der Waals surface area contributed by atoms with Crippen LogP contribution in [0.4, 0.5) is 5.69 Å². The van der Waals surface area contributed by atoms with Crippen LogP contribution in [0.5, 0.6) is 5.75 Å². The molecule has 0 aliphatic rings. The summed E-state index contributed by atoms with van der Waals surface area (Å²) in [5.74, 6) is 0.0945. The third-order valence-corrected chi connectivity index (χ3v) is 4.23. The van der Waals surface area contributed by atoms with Crippen LogP contribution < -0.4 is 15.4 Å². The zero-order valence-electron chi connectivity index (χ0n) is 15.8. The Morgan fingerprint density at radius 3 is 2.03 bits per heavy atom. The molecule has 0 aliphatic carbocycles. The summed E-state index contributed by atoms with van der Waals surface area (Å²) in [6, 6.07) is 23.4. The van der Waals surface area contributed by atoms with Crippen LogP contribution in [0.3, 0.4) is 0 Å². The second-order valence-corrected chi connectivity index (χ2v) is 6.21. The van der Waals surface area contributed by atoms with Gasteiger partial charge in [-0.2, -0.15) is 5.26 Å². The van der Waals surface area contributed by atoms with Crippen molar-refractivity contribution in [1.82, 2.24) is 5.32 Å². The number of ether oxygens (including phenoxy) is 1. The summed E-state index contributed by atoms with van der Waals surface area (Å²) < 4.78 is 5.53. The Balaban J connectivity index is 1.53. The van der Waals surface area contributed by atoms with Gasteiger partial charge < -0.3 is 15.4 Å². The van der Waals surface area contributed by atoms with E-state index in [0.717, 1.165) is 11.1 Å². The lowest BCUT2D eigenvalue weighted by atomic mass is 10.0. The molecule has 6 nitrogen and oxygen atoms in total. The number of carbonyl (C=O) groups excluding carboxylic acids is 2. The second kappa shape index (κ2) is 9.20. The molecule has 0 unspecified atom stereocenters. The first-order valence-corrected chi connectivity index (χ1v) is 8.94. The summed E-state index contributed by atoms with van der Waals surface area (Å²) in [4.78, 5) is 23.6. The average Bonchev–Trinajstić information content (AvgIpc) is 2.78. The highest BCUT2D eigenvalue weighted by Crippen LogP contribution is 2.22. The molecule has 3 aromatic carbocycles. The molecule has 29 heavy (non-hydrogen) atoms. The van der Waals surface area contributed by atoms with Crippen molar-refractivity contribution < 1.29 is 14.3 Å². The van der Waals surface area contributed by atoms with Crippen LogP contribution in [-0.4, -0.2) is 25.5 Å². The van der Waals surface area contributed by atoms with Crippen molar-refractivity contribution in [2.75, 3.05) is 19.0 Å². The Morgan fingerprint density at radius 1 is 0.897 bits per heavy atom. The van der Waals surface area contributed by atoms with Gasteiger partial charge in [-0.25, -0.2) is 0 Å². The van der Waals surface area contributed by atoms with Crippen molar-refractivity contribution in [3.05, 3.63) is 83.9 Å². The number of hydrogen-bond acceptors (Lipinski definition) is 4. The van der Waals surface area contributed by atoms with Crippen LogP contribution in [0.2, 0.25) is 0 Å². The van der Waals surface area contributed by atoms with Gasteiger partial charge in [0.2, 0.25) is 0 Å². The second-order valence-electron chi connectivity index (χ2n) is 6.21. The SMILES string of the molecule is CNC(=O)c1ccc(NC(=O)COc2ccc(-c3ccc(C#N)cc3)cc2)cc1. The van der Waals surface area contributed by atoms with Gasteiger partial charge >= 0.3 is 0 Å². The molecule has 0 heterocycles. The predicted octanol–water partition coefficient (Wildman–Crippen LogP) is 3.60. The standard InChI is InChI=1S/C23H19N3O3/c1-25-23(28)19-6-10-20(11-7-19)26-22(27)15-29-21-12-8-18(9-13-21)17-4-2-16(14-24)3-5-17/h2-13H,15H2,1H3,(H,25,28)(H,26,27). The highest BCUT2D eigenvalue weighted by atomic mass is 16.5. The Labute approximate surface area is 168 Å². The summed E-state index contributed by atoms with van der Waals surface area (Å²) in [7, 11) is 1.56. The minimum atomic E-state index is -0.297. The average molecular weight is 385 g/mol. The number of nitrogens with one attached hydrogen (secondary N) is 2. The molecule has 3 rings (SSSR count). The summed E-state index contributed by atoms with van der Waals surface area (Å²) >= 11 is 0. The molecule has 0 radical (unpaired) electrons. The molecule has 3 aromatic rings. The first-order valence-electron chi connectivity index (χ1n) is 8.94. The lowest BCUT2D eigenvalue weighted by Gasteiger charge is -2.09. The van der Waals surface area contributed by atoms with E-state index in [0.29, 0.717) is 22.6 Å². The number of rotatable bonds is 6. The lowest BCUT2D eigenvalue weighted by Crippen LogP contribution is -2.20. The molecule has 2 amide bonds. The quantitative estimate of drug-likeness (QED) is 0.678. The van der Waals surface area contributed by atoms with Gasteiger partial charge in [-0.05, 0) is 59.7 Å². The van der Waals surface area contributed by atoms with Gasteiger partial charge in [0.05, 0.1) is 11.6 Å². The van der Waals surface area contributed by atoms with Gasteiger partial charge in [-0.3, -0.25) is 9.59 Å². The Morgan fingerprint density at radius 2 is 1.48 bits per heavy atom. The first-order chi connectivity index (χ1) is 14.1. The van der Waals surface area contributed by atoms with Crippen LogP contribution in [0, 0.1) is 11.3 Å². The largest absolute Gasteiger partial charge is 0.484 e. The minimum Gasteiger partial charge on any atom is -0.484 e. The summed E-state index contributed by atoms with van der Waals surface area (Å²) in [6.45, 7) is -0.132. The van der Waals surface area contributed by atoms with E-state index in [1.54, 1.807) is 55.6 Å². The summed E-state index contributed by atoms with van der Waals surface area (Å²) in [5.41, 5.74) is 3.70. The van der Waals surface area contributed by atoms with Gasteiger partial charge in [0.25, 0.3) is 11.8 Å². The van der Waals surface area contributed by atoms with Gasteiger partial charge in [-0.1, -0.05) is 24.3 Å². The van der Waals surface area contributed by atoms with E-state index in [1.165, 1.54) is 0 Å². The fraction of sp³-hybridized carbons (Fsp3) is 0.0870. The van der Waals surface area contributed by atoms with E-state index < -0.39 is 0 Å². The highest BCUT2D eigenvalue weighted by molar-refractivity contribution is 5.95. The number of amides is 2. The zero-order chi connectivity index (χ0) is 20.6. The fourth-order valence-electron chi connectivity index (χ4n) is 2.68. The van der Waals surface area contributed by atoms with Gasteiger partial charge in [0.1, 0.15) is 5.75 Å². The van der Waals surface area contributed by atoms with Crippen molar-refractivity contribution in [2.24, 2.45) is 0 Å². The van der Waals surface area contributed by atoms with Crippen LogP contribution in [0.25, 0.3) is 11.1 Å². The third kappa shape index (κ3) is 5.21. The molecule has 2 N–H and O–H groups in total. The zero-order valence-corrected chi connectivity index (χ0v) is 15.8. The van der Waals surface area contributed by atoms with Gasteiger partial charge in [0.15, 0.2) is 6.61 Å². The van der Waals surface area contributed by atoms with Crippen molar-refractivity contribution in [1.29, 1.82) is 5.26 Å². The molecule has 0 fully saturated rings. The van der Waals surface area contributed by atoms with Crippen LogP contribution >= 0.6 is 0 Å². The Kier molecular flexibility index (Phi) is 6.23. The Hall–Kier alpha value is -4.11. The van der Waals surface area contributed by atoms with Gasteiger partial charge in [0, 0.05) is 18.3 Å². The maximum Gasteiger partial charge on any atom is 0.262 e. The highest BCUT2D eigenvalue weighted by Gasteiger charge is 2.06. The molecule has 0 atom stereocenters. The molecule has 144 valence electrons. The minimum absolute atomic E-state index is 0.132. The summed E-state index contributed by atoms with van der Waals surface area (Å²) in [6.07, 6.45) is 0. The van der Waals surface area contributed by atoms with E-state index in [4.69, 9.17) is 10.00 Å². The molecule has 6 heteroatoms. The number of nitriles is 1. The summed E-state index contributed by atoms with van der Waals surface area (Å²) in [5, 5.41) is 14.1. The van der Waals surface area contributed by atoms with Gasteiger partial charge in [-0.15, -0.1) is 0 Å². The third-order valence-electron chi connectivity index (χ3n) is 4.23. The van der Waals surface area contributed by atoms with E-state index >= 15 is 0 Å². The number of hydrogen-bond donors (Lipinski definition) is 2. The molecule has 0 saturated heterocycles. The van der Waals surface area contributed by atoms with E-state index in [9.17, 15) is 9.59 Å². The van der Waals surface area contributed by atoms with Crippen LogP contribution in [0.15, 0.2) is 72.8 Å². The first kappa shape index (κ1) is 19.6. The predicted molar refractivity (Wildman–Crippen MR) is 111 cm³/mol. The fourth-order valence-corrected chi connectivity index (χ4v) is 2.68. The van der Waals surface area contributed by atoms with E-state index in [1.807, 2.05) is 24.3 Å². The molecule has 0 aliphatic heterocycles. The monoisotopic (exact) mass is 385 g/mol. The molecular formula is C23H19N3O3. The Bertz CT molecular complexity index is 1030. The van der Waals surface area contributed by atoms with Crippen LogP contribution in [-0.2, 0) is 4.79 Å².